The normalized spacial score (nSPS) is 30.9. The number of nitrogens with one attached hydrogen (secondary N) is 1. The third-order valence-corrected chi connectivity index (χ3v) is 3.51. The summed E-state index contributed by atoms with van der Waals surface area (Å²) in [6.07, 6.45) is -3.83. The second-order valence-electron chi connectivity index (χ2n) is 4.97. The molecular formula is C13H16FN3O5. The largest absolute Gasteiger partial charge is 0.394 e. The molecule has 3 unspecified atom stereocenters. The van der Waals surface area contributed by atoms with Crippen molar-refractivity contribution in [2.45, 2.75) is 30.9 Å². The van der Waals surface area contributed by atoms with Crippen LogP contribution in [-0.4, -0.2) is 50.8 Å². The summed E-state index contributed by atoms with van der Waals surface area (Å²) in [7, 11) is 0. The maximum atomic E-state index is 12.3. The Hall–Kier alpha value is -1.99. The van der Waals surface area contributed by atoms with Crippen LogP contribution in [0, 0.1) is 18.8 Å². The van der Waals surface area contributed by atoms with E-state index in [2.05, 4.69) is 11.8 Å². The van der Waals surface area contributed by atoms with Crippen LogP contribution in [0.5, 0.6) is 0 Å². The van der Waals surface area contributed by atoms with Crippen molar-refractivity contribution in [3.8, 4) is 11.8 Å². The number of nitrogens with two attached hydrogens (primary N) is 1. The van der Waals surface area contributed by atoms with Gasteiger partial charge in [0.25, 0.3) is 5.56 Å². The van der Waals surface area contributed by atoms with Gasteiger partial charge in [0.15, 0.2) is 11.8 Å². The van der Waals surface area contributed by atoms with Crippen molar-refractivity contribution in [3.63, 3.8) is 0 Å². The highest BCUT2D eigenvalue weighted by Crippen LogP contribution is 2.35. The van der Waals surface area contributed by atoms with E-state index >= 15 is 0 Å². The summed E-state index contributed by atoms with van der Waals surface area (Å²) in [5, 5.41) is 19.4. The van der Waals surface area contributed by atoms with E-state index in [4.69, 9.17) is 10.5 Å². The van der Waals surface area contributed by atoms with Crippen molar-refractivity contribution in [1.82, 2.24) is 9.55 Å². The molecule has 0 spiro atoms. The molecule has 2 rings (SSSR count). The number of rotatable bonds is 2. The fourth-order valence-electron chi connectivity index (χ4n) is 2.46. The van der Waals surface area contributed by atoms with Crippen LogP contribution in [0.15, 0.2) is 15.7 Å². The first kappa shape index (κ1) is 16.4. The Labute approximate surface area is 124 Å². The molecule has 0 bridgehead atoms. The summed E-state index contributed by atoms with van der Waals surface area (Å²) in [5.41, 5.74) is 3.03. The van der Waals surface area contributed by atoms with Crippen LogP contribution in [0.1, 0.15) is 11.9 Å². The molecule has 5 N–H and O–H groups in total. The molecule has 0 amide bonds. The highest BCUT2D eigenvalue weighted by molar-refractivity contribution is 5.26. The van der Waals surface area contributed by atoms with Gasteiger partial charge < -0.3 is 20.7 Å². The number of aromatic amines is 1. The van der Waals surface area contributed by atoms with Gasteiger partial charge >= 0.3 is 5.69 Å². The van der Waals surface area contributed by atoms with E-state index in [1.807, 2.05) is 4.98 Å². The van der Waals surface area contributed by atoms with E-state index in [9.17, 15) is 24.2 Å². The van der Waals surface area contributed by atoms with E-state index < -0.39 is 48.5 Å². The van der Waals surface area contributed by atoms with Gasteiger partial charge in [0.2, 0.25) is 0 Å². The number of hydrogen-bond donors (Lipinski definition) is 4. The standard InChI is InChI=1S/C13H16FN3O5/c1-7-5-9(19)16-12(21)17(7)11-13(15,3-2-4-14)10(20)8(6-18)22-11/h5,8,10-11,18,20H,4,6,15H2,1H3,(H,16,19,21)/t8?,10?,11?,13-/m1/s1. The minimum atomic E-state index is -1.81. The Morgan fingerprint density at radius 1 is 1.59 bits per heavy atom. The topological polar surface area (TPSA) is 131 Å². The van der Waals surface area contributed by atoms with Crippen molar-refractivity contribution in [3.05, 3.63) is 32.6 Å². The molecule has 1 aliphatic rings. The van der Waals surface area contributed by atoms with Crippen molar-refractivity contribution in [2.24, 2.45) is 5.73 Å². The predicted octanol–water partition coefficient (Wildman–Crippen LogP) is -2.23. The van der Waals surface area contributed by atoms with Gasteiger partial charge in [-0.1, -0.05) is 11.8 Å². The molecule has 22 heavy (non-hydrogen) atoms. The smallest absolute Gasteiger partial charge is 0.330 e. The molecule has 0 saturated carbocycles. The maximum Gasteiger partial charge on any atom is 0.330 e. The number of halogens is 1. The third-order valence-electron chi connectivity index (χ3n) is 3.51. The number of nitrogens with zero attached hydrogens (tertiary/aromatic N) is 1. The average molecular weight is 313 g/mol. The summed E-state index contributed by atoms with van der Waals surface area (Å²) >= 11 is 0. The van der Waals surface area contributed by atoms with E-state index in [1.54, 1.807) is 0 Å². The molecule has 2 heterocycles. The Morgan fingerprint density at radius 3 is 2.82 bits per heavy atom. The molecule has 8 nitrogen and oxygen atoms in total. The lowest BCUT2D eigenvalue weighted by atomic mass is 9.91. The first-order chi connectivity index (χ1) is 10.3. The molecule has 1 aromatic rings. The van der Waals surface area contributed by atoms with Gasteiger partial charge in [-0.3, -0.25) is 14.3 Å². The van der Waals surface area contributed by atoms with Crippen LogP contribution in [0.2, 0.25) is 0 Å². The molecule has 9 heteroatoms. The lowest BCUT2D eigenvalue weighted by Crippen LogP contribution is -2.55. The Morgan fingerprint density at radius 2 is 2.27 bits per heavy atom. The monoisotopic (exact) mass is 313 g/mol. The minimum Gasteiger partial charge on any atom is -0.394 e. The minimum absolute atomic E-state index is 0.224. The van der Waals surface area contributed by atoms with Gasteiger partial charge in [-0.2, -0.15) is 0 Å². The molecule has 0 radical (unpaired) electrons. The Bertz CT molecular complexity index is 734. The van der Waals surface area contributed by atoms with Crippen LogP contribution < -0.4 is 17.0 Å². The van der Waals surface area contributed by atoms with Crippen molar-refractivity contribution >= 4 is 0 Å². The SMILES string of the molecule is Cc1cc(=O)[nH]c(=O)n1C1OC(CO)C(O)[C@]1(N)C#CCF. The Balaban J connectivity index is 2.62. The van der Waals surface area contributed by atoms with Crippen LogP contribution in [0.4, 0.5) is 4.39 Å². The van der Waals surface area contributed by atoms with Crippen molar-refractivity contribution in [1.29, 1.82) is 0 Å². The van der Waals surface area contributed by atoms with E-state index in [-0.39, 0.29) is 5.69 Å². The number of aliphatic hydroxyl groups excluding tert-OH is 2. The van der Waals surface area contributed by atoms with Gasteiger partial charge in [-0.25, -0.2) is 9.18 Å². The zero-order valence-corrected chi connectivity index (χ0v) is 11.7. The molecule has 120 valence electrons. The first-order valence-electron chi connectivity index (χ1n) is 6.47. The number of ether oxygens (including phenoxy) is 1. The zero-order valence-electron chi connectivity index (χ0n) is 11.7. The highest BCUT2D eigenvalue weighted by Gasteiger charge is 2.54. The second kappa shape index (κ2) is 6.02. The van der Waals surface area contributed by atoms with Crippen LogP contribution in [0.25, 0.3) is 0 Å². The van der Waals surface area contributed by atoms with Crippen LogP contribution in [-0.2, 0) is 4.74 Å². The lowest BCUT2D eigenvalue weighted by Gasteiger charge is -2.28. The number of aromatic nitrogens is 2. The number of alkyl halides is 1. The predicted molar refractivity (Wildman–Crippen MR) is 73.7 cm³/mol. The summed E-state index contributed by atoms with van der Waals surface area (Å²) in [5.74, 6) is 4.46. The van der Waals surface area contributed by atoms with Gasteiger partial charge in [0, 0.05) is 11.8 Å². The number of aryl methyl sites for hydroxylation is 1. The van der Waals surface area contributed by atoms with Crippen LogP contribution >= 0.6 is 0 Å². The average Bonchev–Trinajstić information content (AvgIpc) is 2.69. The molecule has 0 aromatic carbocycles. The fourth-order valence-corrected chi connectivity index (χ4v) is 2.46. The zero-order chi connectivity index (χ0) is 16.5. The van der Waals surface area contributed by atoms with E-state index in [0.717, 1.165) is 10.6 Å². The van der Waals surface area contributed by atoms with Gasteiger partial charge in [-0.15, -0.1) is 0 Å². The number of aliphatic hydroxyl groups is 2. The fraction of sp³-hybridized carbons (Fsp3) is 0.538. The molecule has 0 aliphatic carbocycles. The van der Waals surface area contributed by atoms with Gasteiger partial charge in [-0.05, 0) is 6.92 Å². The third kappa shape index (κ3) is 2.57. The molecule has 1 aromatic heterocycles. The quantitative estimate of drug-likeness (QED) is 0.457. The number of H-pyrrole nitrogens is 1. The van der Waals surface area contributed by atoms with Gasteiger partial charge in [0.05, 0.1) is 6.61 Å². The maximum absolute atomic E-state index is 12.3. The molecule has 1 aliphatic heterocycles. The lowest BCUT2D eigenvalue weighted by molar-refractivity contribution is -0.0484. The molecular weight excluding hydrogens is 297 g/mol. The van der Waals surface area contributed by atoms with Gasteiger partial charge in [0.1, 0.15) is 18.9 Å². The summed E-state index contributed by atoms with van der Waals surface area (Å²) in [6.45, 7) is -0.0889. The Kier molecular flexibility index (Phi) is 4.48. The second-order valence-corrected chi connectivity index (χ2v) is 4.97. The first-order valence-corrected chi connectivity index (χ1v) is 6.47. The highest BCUT2D eigenvalue weighted by atomic mass is 19.1. The summed E-state index contributed by atoms with van der Waals surface area (Å²) in [6, 6.07) is 1.15. The molecule has 1 saturated heterocycles. The summed E-state index contributed by atoms with van der Waals surface area (Å²) < 4.78 is 18.8. The van der Waals surface area contributed by atoms with E-state index in [1.165, 1.54) is 6.92 Å². The number of hydrogen-bond acceptors (Lipinski definition) is 6. The van der Waals surface area contributed by atoms with E-state index in [0.29, 0.717) is 0 Å². The van der Waals surface area contributed by atoms with Crippen molar-refractivity contribution in [2.75, 3.05) is 13.3 Å². The molecule has 1 fully saturated rings. The molecule has 4 atom stereocenters. The van der Waals surface area contributed by atoms with Crippen LogP contribution in [0.3, 0.4) is 0 Å². The van der Waals surface area contributed by atoms with Crippen molar-refractivity contribution < 1.29 is 19.3 Å². The summed E-state index contributed by atoms with van der Waals surface area (Å²) in [4.78, 5) is 25.4.